The second kappa shape index (κ2) is 10.1. The summed E-state index contributed by atoms with van der Waals surface area (Å²) < 4.78 is 5.25. The van der Waals surface area contributed by atoms with E-state index in [1.807, 2.05) is 74.2 Å². The van der Waals surface area contributed by atoms with Crippen molar-refractivity contribution in [1.29, 1.82) is 0 Å². The first kappa shape index (κ1) is 22.9. The third-order valence-corrected chi connectivity index (χ3v) is 5.30. The number of halogens is 1. The first-order valence-corrected chi connectivity index (χ1v) is 10.9. The molecule has 1 N–H and O–H groups in total. The molecule has 0 bridgehead atoms. The van der Waals surface area contributed by atoms with Gasteiger partial charge in [-0.1, -0.05) is 23.7 Å². The molecule has 1 aliphatic rings. The van der Waals surface area contributed by atoms with Gasteiger partial charge in [-0.05, 0) is 69.2 Å². The van der Waals surface area contributed by atoms with Crippen LogP contribution in [-0.2, 0) is 16.0 Å². The number of carbonyl (C=O) groups excluding carboxylic acids is 2. The minimum Gasteiger partial charge on any atom is -0.444 e. The number of hydrogen-bond acceptors (Lipinski definition) is 4. The van der Waals surface area contributed by atoms with Crippen molar-refractivity contribution in [1.82, 2.24) is 4.90 Å². The molecule has 0 unspecified atom stereocenters. The fourth-order valence-corrected chi connectivity index (χ4v) is 3.58. The average Bonchev–Trinajstić information content (AvgIpc) is 2.72. The predicted octanol–water partition coefficient (Wildman–Crippen LogP) is 4.97. The Morgan fingerprint density at radius 2 is 1.58 bits per heavy atom. The normalized spacial score (nSPS) is 14.3. The molecule has 2 aromatic rings. The molecule has 0 aromatic heterocycles. The second-order valence-corrected chi connectivity index (χ2v) is 9.10. The van der Waals surface area contributed by atoms with Crippen LogP contribution >= 0.6 is 11.6 Å². The molecule has 166 valence electrons. The molecule has 6 nitrogen and oxygen atoms in total. The molecule has 0 atom stereocenters. The first-order chi connectivity index (χ1) is 14.7. The van der Waals surface area contributed by atoms with E-state index in [1.54, 1.807) is 0 Å². The van der Waals surface area contributed by atoms with Gasteiger partial charge in [0, 0.05) is 49.0 Å². The Hall–Kier alpha value is -2.73. The molecule has 0 saturated carbocycles. The van der Waals surface area contributed by atoms with Crippen LogP contribution in [0.4, 0.5) is 16.2 Å². The molecule has 1 aliphatic heterocycles. The zero-order valence-electron chi connectivity index (χ0n) is 18.4. The largest absolute Gasteiger partial charge is 0.444 e. The van der Waals surface area contributed by atoms with Crippen molar-refractivity contribution in [2.24, 2.45) is 0 Å². The van der Waals surface area contributed by atoms with Crippen LogP contribution in [0.1, 0.15) is 32.8 Å². The number of amides is 2. The summed E-state index contributed by atoms with van der Waals surface area (Å²) >= 11 is 5.96. The van der Waals surface area contributed by atoms with Crippen LogP contribution < -0.4 is 10.2 Å². The molecule has 2 aromatic carbocycles. The van der Waals surface area contributed by atoms with Crippen molar-refractivity contribution in [3.05, 3.63) is 59.1 Å². The summed E-state index contributed by atoms with van der Waals surface area (Å²) in [6, 6.07) is 15.3. The number of piperazine rings is 1. The monoisotopic (exact) mass is 443 g/mol. The summed E-state index contributed by atoms with van der Waals surface area (Å²) in [4.78, 5) is 28.7. The summed E-state index contributed by atoms with van der Waals surface area (Å²) in [5.74, 6) is 0.173. The summed E-state index contributed by atoms with van der Waals surface area (Å²) in [6.07, 6.45) is 0.663. The standard InChI is InChI=1S/C24H30ClN3O3/c1-24(2,3)31-23(30)26-20-9-4-18(5-10-20)6-13-22(29)28-16-14-27(15-17-28)21-11-7-19(25)8-12-21/h4-5,7-12H,6,13-17H2,1-3H3,(H,26,30). The van der Waals surface area contributed by atoms with E-state index in [9.17, 15) is 9.59 Å². The Kier molecular flexibility index (Phi) is 7.44. The lowest BCUT2D eigenvalue weighted by molar-refractivity contribution is -0.131. The van der Waals surface area contributed by atoms with Gasteiger partial charge in [-0.3, -0.25) is 10.1 Å². The Bertz CT molecular complexity index is 884. The summed E-state index contributed by atoms with van der Waals surface area (Å²) in [5, 5.41) is 3.44. The summed E-state index contributed by atoms with van der Waals surface area (Å²) in [5.41, 5.74) is 2.33. The van der Waals surface area contributed by atoms with Gasteiger partial charge >= 0.3 is 6.09 Å². The molecule has 1 saturated heterocycles. The molecule has 3 rings (SSSR count). The van der Waals surface area contributed by atoms with E-state index in [-0.39, 0.29) is 5.91 Å². The zero-order valence-corrected chi connectivity index (χ0v) is 19.1. The predicted molar refractivity (Wildman–Crippen MR) is 125 cm³/mol. The Balaban J connectivity index is 1.42. The van der Waals surface area contributed by atoms with Crippen LogP contribution in [-0.4, -0.2) is 48.7 Å². The van der Waals surface area contributed by atoms with Gasteiger partial charge in [-0.2, -0.15) is 0 Å². The fraction of sp³-hybridized carbons (Fsp3) is 0.417. The van der Waals surface area contributed by atoms with E-state index in [0.717, 1.165) is 42.5 Å². The molecule has 0 spiro atoms. The van der Waals surface area contributed by atoms with Crippen LogP contribution in [0, 0.1) is 0 Å². The molecule has 31 heavy (non-hydrogen) atoms. The minimum absolute atomic E-state index is 0.173. The lowest BCUT2D eigenvalue weighted by Gasteiger charge is -2.36. The minimum atomic E-state index is -0.537. The maximum Gasteiger partial charge on any atom is 0.412 e. The number of nitrogens with one attached hydrogen (secondary N) is 1. The van der Waals surface area contributed by atoms with E-state index in [2.05, 4.69) is 10.2 Å². The molecule has 0 radical (unpaired) electrons. The van der Waals surface area contributed by atoms with Crippen LogP contribution in [0.25, 0.3) is 0 Å². The average molecular weight is 444 g/mol. The van der Waals surface area contributed by atoms with Gasteiger partial charge in [-0.15, -0.1) is 0 Å². The van der Waals surface area contributed by atoms with Crippen molar-refractivity contribution in [2.45, 2.75) is 39.2 Å². The molecular weight excluding hydrogens is 414 g/mol. The van der Waals surface area contributed by atoms with Crippen LogP contribution in [0.5, 0.6) is 0 Å². The summed E-state index contributed by atoms with van der Waals surface area (Å²) in [6.45, 7) is 8.55. The van der Waals surface area contributed by atoms with Crippen LogP contribution in [0.2, 0.25) is 5.02 Å². The topological polar surface area (TPSA) is 61.9 Å². The number of rotatable bonds is 5. The van der Waals surface area contributed by atoms with E-state index in [4.69, 9.17) is 16.3 Å². The third kappa shape index (κ3) is 7.17. The summed E-state index contributed by atoms with van der Waals surface area (Å²) in [7, 11) is 0. The first-order valence-electron chi connectivity index (χ1n) is 10.6. The molecule has 1 heterocycles. The van der Waals surface area contributed by atoms with E-state index in [1.165, 1.54) is 0 Å². The third-order valence-electron chi connectivity index (χ3n) is 5.05. The van der Waals surface area contributed by atoms with Crippen molar-refractivity contribution < 1.29 is 14.3 Å². The van der Waals surface area contributed by atoms with Gasteiger partial charge in [0.05, 0.1) is 0 Å². The van der Waals surface area contributed by atoms with E-state index in [0.29, 0.717) is 18.5 Å². The number of hydrogen-bond donors (Lipinski definition) is 1. The van der Waals surface area contributed by atoms with Crippen LogP contribution in [0.3, 0.4) is 0 Å². The maximum absolute atomic E-state index is 12.6. The van der Waals surface area contributed by atoms with Crippen molar-refractivity contribution in [2.75, 3.05) is 36.4 Å². The molecule has 1 fully saturated rings. The van der Waals surface area contributed by atoms with Gasteiger partial charge in [0.25, 0.3) is 0 Å². The van der Waals surface area contributed by atoms with Crippen molar-refractivity contribution in [3.63, 3.8) is 0 Å². The number of carbonyl (C=O) groups is 2. The SMILES string of the molecule is CC(C)(C)OC(=O)Nc1ccc(CCC(=O)N2CCN(c3ccc(Cl)cc3)CC2)cc1. The highest BCUT2D eigenvalue weighted by Crippen LogP contribution is 2.20. The molecule has 2 amide bonds. The van der Waals surface area contributed by atoms with Crippen LogP contribution in [0.15, 0.2) is 48.5 Å². The number of aryl methyl sites for hydroxylation is 1. The highest BCUT2D eigenvalue weighted by Gasteiger charge is 2.21. The zero-order chi connectivity index (χ0) is 22.4. The van der Waals surface area contributed by atoms with E-state index >= 15 is 0 Å². The van der Waals surface area contributed by atoms with Gasteiger partial charge in [-0.25, -0.2) is 4.79 Å². The van der Waals surface area contributed by atoms with E-state index < -0.39 is 11.7 Å². The van der Waals surface area contributed by atoms with Crippen molar-refractivity contribution in [3.8, 4) is 0 Å². The Morgan fingerprint density at radius 1 is 0.968 bits per heavy atom. The number of anilines is 2. The highest BCUT2D eigenvalue weighted by molar-refractivity contribution is 6.30. The smallest absolute Gasteiger partial charge is 0.412 e. The second-order valence-electron chi connectivity index (χ2n) is 8.67. The van der Waals surface area contributed by atoms with Gasteiger partial charge in [0.2, 0.25) is 5.91 Å². The van der Waals surface area contributed by atoms with Gasteiger partial charge < -0.3 is 14.5 Å². The molecular formula is C24H30ClN3O3. The highest BCUT2D eigenvalue weighted by atomic mass is 35.5. The van der Waals surface area contributed by atoms with Gasteiger partial charge in [0.15, 0.2) is 0 Å². The quantitative estimate of drug-likeness (QED) is 0.708. The lowest BCUT2D eigenvalue weighted by Crippen LogP contribution is -2.48. The van der Waals surface area contributed by atoms with Crippen molar-refractivity contribution >= 4 is 35.0 Å². The Labute approximate surface area is 189 Å². The molecule has 0 aliphatic carbocycles. The number of nitrogens with zero attached hydrogens (tertiary/aromatic N) is 2. The fourth-order valence-electron chi connectivity index (χ4n) is 3.45. The molecule has 7 heteroatoms. The number of ether oxygens (including phenoxy) is 1. The lowest BCUT2D eigenvalue weighted by atomic mass is 10.1. The Morgan fingerprint density at radius 3 is 2.16 bits per heavy atom. The maximum atomic E-state index is 12.6. The number of benzene rings is 2. The van der Waals surface area contributed by atoms with Gasteiger partial charge in [0.1, 0.15) is 5.60 Å².